The van der Waals surface area contributed by atoms with Gasteiger partial charge in [-0.1, -0.05) is 34.6 Å². The molecule has 0 bridgehead atoms. The van der Waals surface area contributed by atoms with Crippen LogP contribution in [0.25, 0.3) is 0 Å². The summed E-state index contributed by atoms with van der Waals surface area (Å²) in [6, 6.07) is 6.22. The Bertz CT molecular complexity index is 318. The van der Waals surface area contributed by atoms with Gasteiger partial charge in [-0.3, -0.25) is 0 Å². The van der Waals surface area contributed by atoms with E-state index in [1.807, 2.05) is 13.0 Å². The number of benzene rings is 1. The summed E-state index contributed by atoms with van der Waals surface area (Å²) in [4.78, 5) is 0. The number of nitrogens with one attached hydrogen (secondary N) is 1. The molecule has 0 amide bonds. The summed E-state index contributed by atoms with van der Waals surface area (Å²) in [6.45, 7) is 8.72. The van der Waals surface area contributed by atoms with Crippen molar-refractivity contribution in [1.82, 2.24) is 5.32 Å². The Morgan fingerprint density at radius 2 is 2.23 bits per heavy atom. The number of rotatable bonds is 3. The second-order valence-corrected chi connectivity index (χ2v) is 4.01. The molecule has 0 saturated heterocycles. The summed E-state index contributed by atoms with van der Waals surface area (Å²) >= 11 is 3.50. The van der Waals surface area contributed by atoms with Crippen molar-refractivity contribution in [3.63, 3.8) is 0 Å². The van der Waals surface area contributed by atoms with Gasteiger partial charge in [-0.2, -0.15) is 0 Å². The molecule has 0 unspecified atom stereocenters. The molecule has 1 aromatic rings. The molecule has 0 spiro atoms. The number of halogens is 1. The molecule has 0 aliphatic carbocycles. The summed E-state index contributed by atoms with van der Waals surface area (Å²) in [5.41, 5.74) is 3.59. The van der Waals surface area contributed by atoms with Gasteiger partial charge in [-0.05, 0) is 31.0 Å². The predicted octanol–water partition coefficient (Wildman–Crippen LogP) is 3.38. The van der Waals surface area contributed by atoms with E-state index in [2.05, 4.69) is 46.9 Å². The molecule has 0 atom stereocenters. The number of hydrogen-bond donors (Lipinski definition) is 1. The first-order chi connectivity index (χ1) is 6.11. The van der Waals surface area contributed by atoms with E-state index >= 15 is 0 Å². The van der Waals surface area contributed by atoms with Crippen molar-refractivity contribution in [2.45, 2.75) is 20.4 Å². The Balaban J connectivity index is 2.77. The minimum Gasteiger partial charge on any atom is -0.385 e. The second kappa shape index (κ2) is 4.47. The molecule has 0 aromatic heterocycles. The average molecular weight is 240 g/mol. The van der Waals surface area contributed by atoms with Crippen molar-refractivity contribution in [2.24, 2.45) is 0 Å². The second-order valence-electron chi connectivity index (χ2n) is 3.16. The van der Waals surface area contributed by atoms with Crippen LogP contribution in [0.1, 0.15) is 18.1 Å². The molecular weight excluding hydrogens is 226 g/mol. The summed E-state index contributed by atoms with van der Waals surface area (Å²) < 4.78 is 1.16. The molecule has 0 aliphatic heterocycles. The largest absolute Gasteiger partial charge is 0.385 e. The maximum Gasteiger partial charge on any atom is 0.0400 e. The molecule has 1 N–H and O–H groups in total. The molecule has 1 nitrogen and oxygen atoms in total. The Morgan fingerprint density at radius 3 is 2.85 bits per heavy atom. The van der Waals surface area contributed by atoms with Gasteiger partial charge in [0.25, 0.3) is 0 Å². The fraction of sp³-hybridized carbons (Fsp3) is 0.273. The number of hydrogen-bond acceptors (Lipinski definition) is 1. The number of allylic oxidation sites excluding steroid dienone is 1. The average Bonchev–Trinajstić information content (AvgIpc) is 2.07. The molecule has 0 radical (unpaired) electrons. The van der Waals surface area contributed by atoms with E-state index < -0.39 is 0 Å². The van der Waals surface area contributed by atoms with E-state index in [0.717, 1.165) is 16.7 Å². The fourth-order valence-corrected chi connectivity index (χ4v) is 1.50. The van der Waals surface area contributed by atoms with Crippen LogP contribution in [0.3, 0.4) is 0 Å². The van der Waals surface area contributed by atoms with Gasteiger partial charge >= 0.3 is 0 Å². The van der Waals surface area contributed by atoms with Crippen LogP contribution in [0, 0.1) is 6.92 Å². The molecule has 1 aromatic carbocycles. The summed E-state index contributed by atoms with van der Waals surface area (Å²) in [6.07, 6.45) is 0. The first-order valence-corrected chi connectivity index (χ1v) is 5.04. The highest BCUT2D eigenvalue weighted by Crippen LogP contribution is 2.19. The first kappa shape index (κ1) is 10.3. The van der Waals surface area contributed by atoms with Gasteiger partial charge in [0, 0.05) is 16.7 Å². The smallest absolute Gasteiger partial charge is 0.0400 e. The zero-order valence-corrected chi connectivity index (χ0v) is 9.61. The predicted molar refractivity (Wildman–Crippen MR) is 60.5 cm³/mol. The standard InChI is InChI=1S/C11H14BrN/c1-8(2)13-7-10-5-4-6-11(12)9(10)3/h4-6,13H,1,7H2,2-3H3. The van der Waals surface area contributed by atoms with Gasteiger partial charge in [0.15, 0.2) is 0 Å². The molecule has 2 heteroatoms. The molecule has 0 heterocycles. The van der Waals surface area contributed by atoms with Crippen molar-refractivity contribution in [3.05, 3.63) is 46.1 Å². The summed E-state index contributed by atoms with van der Waals surface area (Å²) in [5, 5.41) is 3.21. The normalized spacial score (nSPS) is 9.77. The van der Waals surface area contributed by atoms with Crippen LogP contribution in [0.15, 0.2) is 34.9 Å². The van der Waals surface area contributed by atoms with E-state index in [4.69, 9.17) is 0 Å². The SMILES string of the molecule is C=C(C)NCc1cccc(Br)c1C. The highest BCUT2D eigenvalue weighted by molar-refractivity contribution is 9.10. The van der Waals surface area contributed by atoms with Gasteiger partial charge in [0.2, 0.25) is 0 Å². The van der Waals surface area contributed by atoms with Gasteiger partial charge < -0.3 is 5.32 Å². The summed E-state index contributed by atoms with van der Waals surface area (Å²) in [7, 11) is 0. The monoisotopic (exact) mass is 239 g/mol. The lowest BCUT2D eigenvalue weighted by Crippen LogP contribution is -2.10. The molecule has 0 fully saturated rings. The van der Waals surface area contributed by atoms with Gasteiger partial charge in [0.1, 0.15) is 0 Å². The van der Waals surface area contributed by atoms with Crippen molar-refractivity contribution in [2.75, 3.05) is 0 Å². The maximum atomic E-state index is 3.80. The third kappa shape index (κ3) is 2.88. The Kier molecular flexibility index (Phi) is 3.55. The van der Waals surface area contributed by atoms with Gasteiger partial charge in [-0.25, -0.2) is 0 Å². The van der Waals surface area contributed by atoms with E-state index in [0.29, 0.717) is 0 Å². The van der Waals surface area contributed by atoms with Crippen LogP contribution in [0.5, 0.6) is 0 Å². The van der Waals surface area contributed by atoms with Crippen molar-refractivity contribution in [1.29, 1.82) is 0 Å². The lowest BCUT2D eigenvalue weighted by Gasteiger charge is -2.09. The van der Waals surface area contributed by atoms with Crippen LogP contribution in [-0.2, 0) is 6.54 Å². The fourth-order valence-electron chi connectivity index (χ4n) is 1.09. The third-order valence-electron chi connectivity index (χ3n) is 1.96. The van der Waals surface area contributed by atoms with Crippen molar-refractivity contribution < 1.29 is 0 Å². The molecule has 0 saturated carbocycles. The highest BCUT2D eigenvalue weighted by Gasteiger charge is 2.00. The Hall–Kier alpha value is -0.760. The molecule has 1 rings (SSSR count). The van der Waals surface area contributed by atoms with E-state index in [-0.39, 0.29) is 0 Å². The van der Waals surface area contributed by atoms with E-state index in [9.17, 15) is 0 Å². The topological polar surface area (TPSA) is 12.0 Å². The maximum absolute atomic E-state index is 3.80. The first-order valence-electron chi connectivity index (χ1n) is 4.24. The zero-order chi connectivity index (χ0) is 9.84. The quantitative estimate of drug-likeness (QED) is 0.853. The van der Waals surface area contributed by atoms with Crippen LogP contribution < -0.4 is 5.32 Å². The third-order valence-corrected chi connectivity index (χ3v) is 2.82. The van der Waals surface area contributed by atoms with Crippen molar-refractivity contribution >= 4 is 15.9 Å². The van der Waals surface area contributed by atoms with Gasteiger partial charge in [-0.15, -0.1) is 0 Å². The van der Waals surface area contributed by atoms with Crippen LogP contribution in [0.2, 0.25) is 0 Å². The lowest BCUT2D eigenvalue weighted by molar-refractivity contribution is 0.809. The minimum atomic E-state index is 0.848. The molecule has 70 valence electrons. The molecule has 13 heavy (non-hydrogen) atoms. The molecular formula is C11H14BrN. The Morgan fingerprint density at radius 1 is 1.54 bits per heavy atom. The van der Waals surface area contributed by atoms with Crippen LogP contribution >= 0.6 is 15.9 Å². The van der Waals surface area contributed by atoms with Crippen molar-refractivity contribution in [3.8, 4) is 0 Å². The molecule has 0 aliphatic rings. The zero-order valence-electron chi connectivity index (χ0n) is 8.02. The van der Waals surface area contributed by atoms with Crippen LogP contribution in [-0.4, -0.2) is 0 Å². The highest BCUT2D eigenvalue weighted by atomic mass is 79.9. The summed E-state index contributed by atoms with van der Waals surface area (Å²) in [5.74, 6) is 0. The lowest BCUT2D eigenvalue weighted by atomic mass is 10.1. The van der Waals surface area contributed by atoms with Gasteiger partial charge in [0.05, 0.1) is 0 Å². The van der Waals surface area contributed by atoms with E-state index in [1.54, 1.807) is 0 Å². The Labute approximate surface area is 88.0 Å². The minimum absolute atomic E-state index is 0.848. The van der Waals surface area contributed by atoms with Crippen LogP contribution in [0.4, 0.5) is 0 Å². The van der Waals surface area contributed by atoms with E-state index in [1.165, 1.54) is 11.1 Å².